The minimum Gasteiger partial charge on any atom is -0.359 e. The van der Waals surface area contributed by atoms with E-state index in [1.807, 2.05) is 25.7 Å². The zero-order chi connectivity index (χ0) is 25.3. The standard InChI is InChI=1S/C28H38ClFN4O/c1-19-16-33(20(2)15-31-19)17-21-6-8-22(9-7-21)26-18-32(27(35)28(3,4)5)12-13-34(26)25-11-10-23(29)14-24(25)30/h6-11,14,19-20,26,31H,12-13,15-18H2,1-5H3/t19-,20+,26-/m0/s1. The van der Waals surface area contributed by atoms with Crippen molar-refractivity contribution in [2.75, 3.05) is 37.6 Å². The zero-order valence-corrected chi connectivity index (χ0v) is 22.3. The lowest BCUT2D eigenvalue weighted by Gasteiger charge is -2.44. The molecule has 0 aliphatic carbocycles. The van der Waals surface area contributed by atoms with Gasteiger partial charge in [-0.1, -0.05) is 56.6 Å². The number of carbonyl (C=O) groups excluding carboxylic acids is 1. The van der Waals surface area contributed by atoms with Crippen molar-refractivity contribution in [3.8, 4) is 0 Å². The first kappa shape index (κ1) is 25.9. The molecular formula is C28H38ClFN4O. The molecule has 2 aliphatic heterocycles. The van der Waals surface area contributed by atoms with E-state index in [4.69, 9.17) is 11.6 Å². The van der Waals surface area contributed by atoms with E-state index in [2.05, 4.69) is 53.2 Å². The van der Waals surface area contributed by atoms with Crippen LogP contribution in [0.5, 0.6) is 0 Å². The smallest absolute Gasteiger partial charge is 0.228 e. The monoisotopic (exact) mass is 500 g/mol. The average molecular weight is 501 g/mol. The molecule has 0 unspecified atom stereocenters. The largest absolute Gasteiger partial charge is 0.359 e. The molecule has 1 amide bonds. The predicted octanol–water partition coefficient (Wildman–Crippen LogP) is 5.10. The van der Waals surface area contributed by atoms with Gasteiger partial charge in [0.05, 0.1) is 11.7 Å². The lowest BCUT2D eigenvalue weighted by atomic mass is 9.92. The van der Waals surface area contributed by atoms with Crippen molar-refractivity contribution >= 4 is 23.2 Å². The number of nitrogens with zero attached hydrogens (tertiary/aromatic N) is 3. The quantitative estimate of drug-likeness (QED) is 0.634. The molecule has 4 rings (SSSR count). The summed E-state index contributed by atoms with van der Waals surface area (Å²) < 4.78 is 14.9. The number of carbonyl (C=O) groups is 1. The molecule has 7 heteroatoms. The van der Waals surface area contributed by atoms with E-state index >= 15 is 0 Å². The van der Waals surface area contributed by atoms with Crippen LogP contribution in [0.4, 0.5) is 10.1 Å². The lowest BCUT2D eigenvalue weighted by molar-refractivity contribution is -0.140. The summed E-state index contributed by atoms with van der Waals surface area (Å²) in [6.07, 6.45) is 0. The van der Waals surface area contributed by atoms with Crippen molar-refractivity contribution in [2.45, 2.75) is 59.3 Å². The molecule has 0 aromatic heterocycles. The van der Waals surface area contributed by atoms with Crippen LogP contribution in [0.25, 0.3) is 0 Å². The first-order valence-electron chi connectivity index (χ1n) is 12.6. The molecule has 2 fully saturated rings. The van der Waals surface area contributed by atoms with Crippen molar-refractivity contribution < 1.29 is 9.18 Å². The number of rotatable bonds is 4. The first-order chi connectivity index (χ1) is 16.5. The van der Waals surface area contributed by atoms with Crippen LogP contribution < -0.4 is 10.2 Å². The molecule has 0 radical (unpaired) electrons. The molecule has 0 bridgehead atoms. The van der Waals surface area contributed by atoms with Gasteiger partial charge in [-0.05, 0) is 43.2 Å². The Morgan fingerprint density at radius 3 is 2.46 bits per heavy atom. The van der Waals surface area contributed by atoms with Crippen molar-refractivity contribution in [1.82, 2.24) is 15.1 Å². The highest BCUT2D eigenvalue weighted by Crippen LogP contribution is 2.35. The fraction of sp³-hybridized carbons (Fsp3) is 0.536. The molecule has 0 spiro atoms. The Morgan fingerprint density at radius 1 is 1.09 bits per heavy atom. The third-order valence-electron chi connectivity index (χ3n) is 7.17. The van der Waals surface area contributed by atoms with Gasteiger partial charge in [0.2, 0.25) is 5.91 Å². The van der Waals surface area contributed by atoms with Crippen molar-refractivity contribution in [3.05, 3.63) is 64.4 Å². The van der Waals surface area contributed by atoms with Gasteiger partial charge in [-0.3, -0.25) is 9.69 Å². The summed E-state index contributed by atoms with van der Waals surface area (Å²) in [5.41, 5.74) is 2.41. The highest BCUT2D eigenvalue weighted by molar-refractivity contribution is 6.30. The number of anilines is 1. The summed E-state index contributed by atoms with van der Waals surface area (Å²) in [6.45, 7) is 14.9. The second-order valence-electron chi connectivity index (χ2n) is 11.1. The van der Waals surface area contributed by atoms with Crippen molar-refractivity contribution in [3.63, 3.8) is 0 Å². The van der Waals surface area contributed by atoms with E-state index in [0.717, 1.165) is 25.2 Å². The number of hydrogen-bond acceptors (Lipinski definition) is 4. The summed E-state index contributed by atoms with van der Waals surface area (Å²) in [7, 11) is 0. The molecule has 0 saturated carbocycles. The van der Waals surface area contributed by atoms with Gasteiger partial charge in [0.25, 0.3) is 0 Å². The van der Waals surface area contributed by atoms with Gasteiger partial charge < -0.3 is 15.1 Å². The lowest BCUT2D eigenvalue weighted by Crippen LogP contribution is -2.53. The van der Waals surface area contributed by atoms with Gasteiger partial charge >= 0.3 is 0 Å². The van der Waals surface area contributed by atoms with Gasteiger partial charge in [-0.2, -0.15) is 0 Å². The van der Waals surface area contributed by atoms with Crippen LogP contribution in [-0.2, 0) is 11.3 Å². The molecule has 5 nitrogen and oxygen atoms in total. The van der Waals surface area contributed by atoms with Crippen molar-refractivity contribution in [2.24, 2.45) is 5.41 Å². The molecular weight excluding hydrogens is 463 g/mol. The summed E-state index contributed by atoms with van der Waals surface area (Å²) in [4.78, 5) is 19.6. The Morgan fingerprint density at radius 2 is 1.80 bits per heavy atom. The SMILES string of the molecule is C[C@@H]1CN[C@@H](C)CN1Cc1ccc([C@@H]2CN(C(=O)C(C)(C)C)CCN2c2ccc(Cl)cc2F)cc1. The fourth-order valence-electron chi connectivity index (χ4n) is 5.13. The second-order valence-corrected chi connectivity index (χ2v) is 11.6. The molecule has 190 valence electrons. The molecule has 2 saturated heterocycles. The van der Waals surface area contributed by atoms with E-state index in [9.17, 15) is 9.18 Å². The number of hydrogen-bond donors (Lipinski definition) is 1. The average Bonchev–Trinajstić information content (AvgIpc) is 2.81. The maximum atomic E-state index is 14.9. The van der Waals surface area contributed by atoms with E-state index in [1.165, 1.54) is 11.6 Å². The number of benzene rings is 2. The Bertz CT molecular complexity index is 1040. The molecule has 2 aromatic carbocycles. The van der Waals surface area contributed by atoms with Gasteiger partial charge in [-0.25, -0.2) is 4.39 Å². The molecule has 3 atom stereocenters. The number of nitrogens with one attached hydrogen (secondary N) is 1. The third kappa shape index (κ3) is 5.99. The zero-order valence-electron chi connectivity index (χ0n) is 21.5. The van der Waals surface area contributed by atoms with E-state index in [-0.39, 0.29) is 17.8 Å². The van der Waals surface area contributed by atoms with E-state index in [0.29, 0.717) is 42.4 Å². The maximum absolute atomic E-state index is 14.9. The van der Waals surface area contributed by atoms with Crippen LogP contribution in [0, 0.1) is 11.2 Å². The highest BCUT2D eigenvalue weighted by Gasteiger charge is 2.36. The van der Waals surface area contributed by atoms with Crippen LogP contribution in [0.1, 0.15) is 51.8 Å². The Kier molecular flexibility index (Phi) is 7.74. The number of halogens is 2. The Labute approximate surface area is 214 Å². The van der Waals surface area contributed by atoms with Gasteiger partial charge in [0.1, 0.15) is 5.82 Å². The van der Waals surface area contributed by atoms with E-state index < -0.39 is 5.41 Å². The number of amides is 1. The molecule has 35 heavy (non-hydrogen) atoms. The van der Waals surface area contributed by atoms with Crippen LogP contribution in [0.2, 0.25) is 5.02 Å². The normalized spacial score (nSPS) is 24.0. The minimum atomic E-state index is -0.459. The van der Waals surface area contributed by atoms with Crippen LogP contribution in [0.3, 0.4) is 0 Å². The minimum absolute atomic E-state index is 0.122. The maximum Gasteiger partial charge on any atom is 0.228 e. The molecule has 2 aliphatic rings. The van der Waals surface area contributed by atoms with E-state index in [1.54, 1.807) is 12.1 Å². The third-order valence-corrected chi connectivity index (χ3v) is 7.41. The first-order valence-corrected chi connectivity index (χ1v) is 13.0. The summed E-state index contributed by atoms with van der Waals surface area (Å²) in [5, 5.41) is 3.91. The summed E-state index contributed by atoms with van der Waals surface area (Å²) in [6, 6.07) is 14.3. The van der Waals surface area contributed by atoms with Gasteiger partial charge in [0.15, 0.2) is 0 Å². The topological polar surface area (TPSA) is 38.8 Å². The van der Waals surface area contributed by atoms with Crippen LogP contribution >= 0.6 is 11.6 Å². The predicted molar refractivity (Wildman–Crippen MR) is 141 cm³/mol. The molecule has 2 heterocycles. The van der Waals surface area contributed by atoms with Crippen LogP contribution in [0.15, 0.2) is 42.5 Å². The highest BCUT2D eigenvalue weighted by atomic mass is 35.5. The summed E-state index contributed by atoms with van der Waals surface area (Å²) >= 11 is 6.02. The Balaban J connectivity index is 1.59. The molecule has 1 N–H and O–H groups in total. The Hall–Kier alpha value is -2.15. The van der Waals surface area contributed by atoms with Crippen molar-refractivity contribution in [1.29, 1.82) is 0 Å². The van der Waals surface area contributed by atoms with Crippen LogP contribution in [-0.4, -0.2) is 60.5 Å². The van der Waals surface area contributed by atoms with Gasteiger partial charge in [-0.15, -0.1) is 0 Å². The number of piperazine rings is 2. The van der Waals surface area contributed by atoms with Gasteiger partial charge in [0, 0.05) is 61.8 Å². The second kappa shape index (κ2) is 10.5. The fourth-order valence-corrected chi connectivity index (χ4v) is 5.29. The summed E-state index contributed by atoms with van der Waals surface area (Å²) in [5.74, 6) is -0.214. The molecule has 2 aromatic rings.